The topological polar surface area (TPSA) is 120 Å². The quantitative estimate of drug-likeness (QED) is 0.372. The van der Waals surface area contributed by atoms with Gasteiger partial charge in [-0.05, 0) is 51.4 Å². The molecule has 7 nitrogen and oxygen atoms in total. The number of esters is 1. The molecule has 11 atom stereocenters. The van der Waals surface area contributed by atoms with Crippen LogP contribution in [0.3, 0.4) is 0 Å². The SMILES string of the molecule is CC(=O)OC1C(O)C23CC(CCC2C(C)(O)C2C4OC4C(C)(C)C12O)C(C)(O)C3. The van der Waals surface area contributed by atoms with Crippen molar-refractivity contribution in [2.45, 2.75) is 102 Å². The van der Waals surface area contributed by atoms with Gasteiger partial charge < -0.3 is 29.9 Å². The van der Waals surface area contributed by atoms with E-state index in [1.807, 2.05) is 13.8 Å². The van der Waals surface area contributed by atoms with Crippen LogP contribution in [0, 0.1) is 28.6 Å². The van der Waals surface area contributed by atoms with Crippen LogP contribution in [0.4, 0.5) is 0 Å². The van der Waals surface area contributed by atoms with Gasteiger partial charge in [-0.25, -0.2) is 0 Å². The summed E-state index contributed by atoms with van der Waals surface area (Å²) in [4.78, 5) is 12.1. The zero-order valence-electron chi connectivity index (χ0n) is 17.9. The standard InChI is InChI=1S/C22H34O7/c1-10(23)28-17-15(24)21-8-11(19(4,25)9-21)6-7-12(21)20(5,26)14-13-16(29-13)18(2,3)22(14,17)27/h11-17,24-27H,6-9H2,1-5H3. The predicted octanol–water partition coefficient (Wildman–Crippen LogP) is 0.755. The molecule has 164 valence electrons. The van der Waals surface area contributed by atoms with Gasteiger partial charge in [0.15, 0.2) is 6.10 Å². The Labute approximate surface area is 171 Å². The second-order valence-electron chi connectivity index (χ2n) is 11.5. The number of epoxide rings is 1. The zero-order valence-corrected chi connectivity index (χ0v) is 17.9. The van der Waals surface area contributed by atoms with Gasteiger partial charge >= 0.3 is 5.97 Å². The maximum Gasteiger partial charge on any atom is 0.303 e. The minimum Gasteiger partial charge on any atom is -0.457 e. The van der Waals surface area contributed by atoms with Crippen LogP contribution >= 0.6 is 0 Å². The van der Waals surface area contributed by atoms with Crippen molar-refractivity contribution < 1.29 is 34.7 Å². The van der Waals surface area contributed by atoms with Crippen molar-refractivity contribution in [2.24, 2.45) is 28.6 Å². The van der Waals surface area contributed by atoms with Crippen molar-refractivity contribution in [1.29, 1.82) is 0 Å². The molecule has 4 saturated carbocycles. The first-order valence-electron chi connectivity index (χ1n) is 10.9. The van der Waals surface area contributed by atoms with Crippen LogP contribution in [0.5, 0.6) is 0 Å². The molecular weight excluding hydrogens is 376 g/mol. The lowest BCUT2D eigenvalue weighted by atomic mass is 9.58. The van der Waals surface area contributed by atoms with Crippen LogP contribution in [-0.2, 0) is 14.3 Å². The van der Waals surface area contributed by atoms with E-state index in [4.69, 9.17) is 9.47 Å². The maximum atomic E-state index is 12.2. The number of fused-ring (bicyclic) bond motifs is 4. The molecule has 4 aliphatic carbocycles. The number of hydrogen-bond acceptors (Lipinski definition) is 7. The minimum absolute atomic E-state index is 0.00713. The molecule has 7 heteroatoms. The first kappa shape index (κ1) is 20.2. The first-order valence-corrected chi connectivity index (χ1v) is 10.9. The summed E-state index contributed by atoms with van der Waals surface area (Å²) < 4.78 is 11.6. The van der Waals surface area contributed by atoms with Gasteiger partial charge in [-0.15, -0.1) is 0 Å². The van der Waals surface area contributed by atoms with Gasteiger partial charge in [0.1, 0.15) is 5.60 Å². The van der Waals surface area contributed by atoms with Crippen molar-refractivity contribution in [1.82, 2.24) is 0 Å². The van der Waals surface area contributed by atoms with E-state index in [1.165, 1.54) is 6.92 Å². The van der Waals surface area contributed by atoms with Gasteiger partial charge in [0.2, 0.25) is 0 Å². The molecule has 1 heterocycles. The molecule has 4 N–H and O–H groups in total. The summed E-state index contributed by atoms with van der Waals surface area (Å²) in [5.41, 5.74) is -5.62. The Bertz CT molecular complexity index is 760. The Kier molecular flexibility index (Phi) is 3.73. The van der Waals surface area contributed by atoms with Crippen molar-refractivity contribution in [3.05, 3.63) is 0 Å². The molecule has 0 amide bonds. The van der Waals surface area contributed by atoms with E-state index >= 15 is 0 Å². The maximum absolute atomic E-state index is 12.2. The molecule has 2 bridgehead atoms. The highest BCUT2D eigenvalue weighted by Crippen LogP contribution is 2.73. The summed E-state index contributed by atoms with van der Waals surface area (Å²) in [6.45, 7) is 8.53. The molecule has 11 unspecified atom stereocenters. The van der Waals surface area contributed by atoms with Gasteiger partial charge in [-0.1, -0.05) is 13.8 Å². The first-order chi connectivity index (χ1) is 13.2. The Morgan fingerprint density at radius 3 is 2.38 bits per heavy atom. The Balaban J connectivity index is 1.74. The third kappa shape index (κ3) is 2.14. The zero-order chi connectivity index (χ0) is 21.4. The lowest BCUT2D eigenvalue weighted by Crippen LogP contribution is -2.65. The second kappa shape index (κ2) is 5.36. The third-order valence-corrected chi connectivity index (χ3v) is 9.70. The van der Waals surface area contributed by atoms with Crippen LogP contribution in [0.25, 0.3) is 0 Å². The molecule has 5 rings (SSSR count). The number of aliphatic hydroxyl groups excluding tert-OH is 1. The lowest BCUT2D eigenvalue weighted by Gasteiger charge is -2.50. The summed E-state index contributed by atoms with van der Waals surface area (Å²) in [5.74, 6) is -1.61. The van der Waals surface area contributed by atoms with Gasteiger partial charge in [0.05, 0.1) is 29.5 Å². The second-order valence-corrected chi connectivity index (χ2v) is 11.5. The van der Waals surface area contributed by atoms with Crippen molar-refractivity contribution >= 4 is 5.97 Å². The average Bonchev–Trinajstić information content (AvgIpc) is 3.30. The smallest absolute Gasteiger partial charge is 0.303 e. The van der Waals surface area contributed by atoms with Gasteiger partial charge in [0, 0.05) is 23.7 Å². The molecule has 1 aliphatic heterocycles. The summed E-state index contributed by atoms with van der Waals surface area (Å²) in [7, 11) is 0. The Hall–Kier alpha value is -0.730. The van der Waals surface area contributed by atoms with E-state index in [-0.39, 0.29) is 24.0 Å². The minimum atomic E-state index is -1.65. The van der Waals surface area contributed by atoms with Crippen molar-refractivity contribution in [2.75, 3.05) is 0 Å². The van der Waals surface area contributed by atoms with Crippen LogP contribution < -0.4 is 0 Å². The summed E-state index contributed by atoms with van der Waals surface area (Å²) in [6, 6.07) is 0. The number of rotatable bonds is 1. The Morgan fingerprint density at radius 1 is 1.10 bits per heavy atom. The molecule has 0 aromatic carbocycles. The van der Waals surface area contributed by atoms with Crippen LogP contribution in [-0.4, -0.2) is 67.6 Å². The Morgan fingerprint density at radius 2 is 1.76 bits per heavy atom. The molecule has 29 heavy (non-hydrogen) atoms. The summed E-state index contributed by atoms with van der Waals surface area (Å²) in [6.07, 6.45) is -0.740. The normalized spacial score (nSPS) is 61.9. The highest BCUT2D eigenvalue weighted by atomic mass is 16.6. The molecule has 5 fully saturated rings. The van der Waals surface area contributed by atoms with Crippen LogP contribution in [0.1, 0.15) is 60.3 Å². The fourth-order valence-electron chi connectivity index (χ4n) is 8.45. The van der Waals surface area contributed by atoms with E-state index < -0.39 is 51.7 Å². The van der Waals surface area contributed by atoms with Crippen LogP contribution in [0.2, 0.25) is 0 Å². The molecule has 0 aromatic rings. The molecule has 0 radical (unpaired) electrons. The molecule has 1 saturated heterocycles. The van der Waals surface area contributed by atoms with Crippen molar-refractivity contribution in [3.63, 3.8) is 0 Å². The average molecular weight is 411 g/mol. The molecular formula is C22H34O7. The molecule has 0 aromatic heterocycles. The summed E-state index contributed by atoms with van der Waals surface area (Å²) >= 11 is 0. The number of carbonyl (C=O) groups excluding carboxylic acids is 1. The van der Waals surface area contributed by atoms with E-state index in [2.05, 4.69) is 0 Å². The lowest BCUT2D eigenvalue weighted by molar-refractivity contribution is -0.242. The molecule has 1 spiro atoms. The monoisotopic (exact) mass is 410 g/mol. The summed E-state index contributed by atoms with van der Waals surface area (Å²) in [5, 5.41) is 47.1. The number of ether oxygens (including phenoxy) is 2. The number of hydrogen-bond donors (Lipinski definition) is 4. The van der Waals surface area contributed by atoms with E-state index in [0.717, 1.165) is 6.42 Å². The van der Waals surface area contributed by atoms with E-state index in [1.54, 1.807) is 13.8 Å². The molecule has 5 aliphatic rings. The fraction of sp³-hybridized carbons (Fsp3) is 0.955. The number of aliphatic hydroxyl groups is 4. The highest BCUT2D eigenvalue weighted by molar-refractivity contribution is 5.66. The fourth-order valence-corrected chi connectivity index (χ4v) is 8.45. The van der Waals surface area contributed by atoms with Crippen LogP contribution in [0.15, 0.2) is 0 Å². The highest BCUT2D eigenvalue weighted by Gasteiger charge is 2.84. The van der Waals surface area contributed by atoms with Gasteiger partial charge in [-0.2, -0.15) is 0 Å². The van der Waals surface area contributed by atoms with E-state index in [0.29, 0.717) is 19.3 Å². The van der Waals surface area contributed by atoms with Crippen molar-refractivity contribution in [3.8, 4) is 0 Å². The number of carbonyl (C=O) groups is 1. The van der Waals surface area contributed by atoms with E-state index in [9.17, 15) is 25.2 Å². The predicted molar refractivity (Wildman–Crippen MR) is 102 cm³/mol. The van der Waals surface area contributed by atoms with Gasteiger partial charge in [-0.3, -0.25) is 4.79 Å². The van der Waals surface area contributed by atoms with Gasteiger partial charge in [0.25, 0.3) is 0 Å². The third-order valence-electron chi connectivity index (χ3n) is 9.70. The largest absolute Gasteiger partial charge is 0.457 e.